The van der Waals surface area contributed by atoms with Gasteiger partial charge >= 0.3 is 0 Å². The average Bonchev–Trinajstić information content (AvgIpc) is 3.28. The van der Waals surface area contributed by atoms with Crippen LogP contribution in [0.4, 0.5) is 5.69 Å². The summed E-state index contributed by atoms with van der Waals surface area (Å²) in [5.41, 5.74) is 1.27. The van der Waals surface area contributed by atoms with Gasteiger partial charge in [-0.05, 0) is 54.0 Å². The van der Waals surface area contributed by atoms with E-state index in [1.54, 1.807) is 7.11 Å². The van der Waals surface area contributed by atoms with E-state index in [9.17, 15) is 0 Å². The monoisotopic (exact) mass is 398 g/mol. The van der Waals surface area contributed by atoms with Gasteiger partial charge in [0.05, 0.1) is 19.2 Å². The third kappa shape index (κ3) is 4.55. The van der Waals surface area contributed by atoms with Gasteiger partial charge in [-0.3, -0.25) is 4.90 Å². The molecule has 0 spiro atoms. The van der Waals surface area contributed by atoms with Crippen LogP contribution in [-0.4, -0.2) is 58.4 Å². The number of hydrogen-bond acceptors (Lipinski definition) is 6. The van der Waals surface area contributed by atoms with Gasteiger partial charge in [0.25, 0.3) is 0 Å². The summed E-state index contributed by atoms with van der Waals surface area (Å²) in [6.45, 7) is 6.38. The molecule has 2 heterocycles. The van der Waals surface area contributed by atoms with E-state index in [2.05, 4.69) is 49.1 Å². The number of tetrazole rings is 1. The zero-order chi connectivity index (χ0) is 20.1. The van der Waals surface area contributed by atoms with E-state index >= 15 is 0 Å². The first kappa shape index (κ1) is 20.1. The highest BCUT2D eigenvalue weighted by molar-refractivity contribution is 5.49. The minimum Gasteiger partial charge on any atom is -0.497 e. The summed E-state index contributed by atoms with van der Waals surface area (Å²) in [6, 6.07) is 9.19. The molecule has 29 heavy (non-hydrogen) atoms. The fourth-order valence-electron chi connectivity index (χ4n) is 4.84. The van der Waals surface area contributed by atoms with Gasteiger partial charge in [-0.15, -0.1) is 5.10 Å². The summed E-state index contributed by atoms with van der Waals surface area (Å²) in [5, 5.41) is 13.0. The summed E-state index contributed by atoms with van der Waals surface area (Å²) in [5.74, 6) is 1.99. The predicted molar refractivity (Wildman–Crippen MR) is 114 cm³/mol. The number of piperazine rings is 1. The van der Waals surface area contributed by atoms with Crippen LogP contribution in [0.3, 0.4) is 0 Å². The van der Waals surface area contributed by atoms with Crippen LogP contribution in [-0.2, 0) is 0 Å². The highest BCUT2D eigenvalue weighted by Gasteiger charge is 2.31. The number of anilines is 1. The molecule has 7 heteroatoms. The molecule has 158 valence electrons. The van der Waals surface area contributed by atoms with Gasteiger partial charge in [0.2, 0.25) is 0 Å². The van der Waals surface area contributed by atoms with Crippen LogP contribution >= 0.6 is 0 Å². The second kappa shape index (κ2) is 9.57. The van der Waals surface area contributed by atoms with E-state index in [4.69, 9.17) is 4.74 Å². The molecule has 1 saturated heterocycles. The quantitative estimate of drug-likeness (QED) is 0.706. The smallest absolute Gasteiger partial charge is 0.168 e. The van der Waals surface area contributed by atoms with E-state index in [1.807, 2.05) is 12.1 Å². The minimum absolute atomic E-state index is 0.315. The predicted octanol–water partition coefficient (Wildman–Crippen LogP) is 3.85. The third-order valence-corrected chi connectivity index (χ3v) is 6.49. The Bertz CT molecular complexity index is 747. The number of ether oxygens (including phenoxy) is 1. The van der Waals surface area contributed by atoms with Crippen molar-refractivity contribution in [2.45, 2.75) is 64.0 Å². The van der Waals surface area contributed by atoms with Gasteiger partial charge < -0.3 is 9.64 Å². The first-order valence-corrected chi connectivity index (χ1v) is 11.2. The van der Waals surface area contributed by atoms with E-state index in [-0.39, 0.29) is 0 Å². The second-order valence-electron chi connectivity index (χ2n) is 8.30. The molecule has 1 aromatic carbocycles. The number of nitrogens with zero attached hydrogens (tertiary/aromatic N) is 6. The normalized spacial score (nSPS) is 20.0. The molecule has 2 aromatic rings. The van der Waals surface area contributed by atoms with Gasteiger partial charge in [0.15, 0.2) is 5.82 Å². The Morgan fingerprint density at radius 1 is 1.03 bits per heavy atom. The van der Waals surface area contributed by atoms with Crippen LogP contribution < -0.4 is 9.64 Å². The summed E-state index contributed by atoms with van der Waals surface area (Å²) in [6.07, 6.45) is 8.60. The fraction of sp³-hybridized carbons (Fsp3) is 0.682. The number of hydrogen-bond donors (Lipinski definition) is 0. The molecule has 0 unspecified atom stereocenters. The Morgan fingerprint density at radius 2 is 1.76 bits per heavy atom. The molecular weight excluding hydrogens is 364 g/mol. The number of methoxy groups -OCH3 is 1. The van der Waals surface area contributed by atoms with Gasteiger partial charge in [-0.2, -0.15) is 0 Å². The highest BCUT2D eigenvalue weighted by Crippen LogP contribution is 2.32. The van der Waals surface area contributed by atoms with Crippen LogP contribution in [0, 0.1) is 0 Å². The van der Waals surface area contributed by atoms with Gasteiger partial charge in [0, 0.05) is 31.9 Å². The summed E-state index contributed by atoms with van der Waals surface area (Å²) >= 11 is 0. The first-order chi connectivity index (χ1) is 14.3. The molecule has 1 aromatic heterocycles. The Kier molecular flexibility index (Phi) is 6.64. The van der Waals surface area contributed by atoms with Crippen molar-refractivity contribution in [2.75, 3.05) is 38.2 Å². The molecule has 0 radical (unpaired) electrons. The lowest BCUT2D eigenvalue weighted by atomic mass is 9.95. The van der Waals surface area contributed by atoms with Crippen molar-refractivity contribution >= 4 is 5.69 Å². The minimum atomic E-state index is 0.315. The molecule has 7 nitrogen and oxygen atoms in total. The molecular formula is C22H34N6O. The first-order valence-electron chi connectivity index (χ1n) is 11.2. The number of rotatable bonds is 7. The Hall–Kier alpha value is -2.15. The Balaban J connectivity index is 1.44. The zero-order valence-electron chi connectivity index (χ0n) is 17.8. The lowest BCUT2D eigenvalue weighted by Crippen LogP contribution is -2.48. The van der Waals surface area contributed by atoms with Crippen molar-refractivity contribution in [3.05, 3.63) is 30.1 Å². The SMILES string of the molecule is CCC[C@H](c1nnnn1C1CCCCC1)N1CCN(c2ccc(OC)cc2)CC1. The summed E-state index contributed by atoms with van der Waals surface area (Å²) in [4.78, 5) is 5.05. The summed E-state index contributed by atoms with van der Waals surface area (Å²) < 4.78 is 7.45. The largest absolute Gasteiger partial charge is 0.497 e. The van der Waals surface area contributed by atoms with E-state index in [1.165, 1.54) is 37.8 Å². The third-order valence-electron chi connectivity index (χ3n) is 6.49. The fourth-order valence-corrected chi connectivity index (χ4v) is 4.84. The van der Waals surface area contributed by atoms with Gasteiger partial charge in [-0.25, -0.2) is 4.68 Å². The average molecular weight is 399 g/mol. The lowest BCUT2D eigenvalue weighted by Gasteiger charge is -2.40. The summed E-state index contributed by atoms with van der Waals surface area (Å²) in [7, 11) is 1.71. The van der Waals surface area contributed by atoms with Crippen molar-refractivity contribution < 1.29 is 4.74 Å². The van der Waals surface area contributed by atoms with Crippen molar-refractivity contribution in [3.8, 4) is 5.75 Å². The van der Waals surface area contributed by atoms with Crippen LogP contribution in [0.25, 0.3) is 0 Å². The maximum atomic E-state index is 5.29. The van der Waals surface area contributed by atoms with Crippen LogP contribution in [0.5, 0.6) is 5.75 Å². The standard InChI is InChI=1S/C22H34N6O/c1-3-7-21(22-23-24-25-28(22)19-8-5-4-6-9-19)27-16-14-26(15-17-27)18-10-12-20(29-2)13-11-18/h10-13,19,21H,3-9,14-17H2,1-2H3/t21-/m1/s1. The molecule has 1 aliphatic heterocycles. The molecule has 1 aliphatic carbocycles. The second-order valence-corrected chi connectivity index (χ2v) is 8.30. The van der Waals surface area contributed by atoms with Crippen molar-refractivity contribution in [1.29, 1.82) is 0 Å². The molecule has 1 saturated carbocycles. The van der Waals surface area contributed by atoms with E-state index in [0.29, 0.717) is 12.1 Å². The molecule has 4 rings (SSSR count). The van der Waals surface area contributed by atoms with Crippen LogP contribution in [0.2, 0.25) is 0 Å². The van der Waals surface area contributed by atoms with Gasteiger partial charge in [0.1, 0.15) is 5.75 Å². The topological polar surface area (TPSA) is 59.3 Å². The molecule has 2 fully saturated rings. The molecule has 0 amide bonds. The van der Waals surface area contributed by atoms with Crippen molar-refractivity contribution in [1.82, 2.24) is 25.1 Å². The van der Waals surface area contributed by atoms with Crippen LogP contribution in [0.1, 0.15) is 69.8 Å². The van der Waals surface area contributed by atoms with Gasteiger partial charge in [-0.1, -0.05) is 32.6 Å². The zero-order valence-corrected chi connectivity index (χ0v) is 17.8. The van der Waals surface area contributed by atoms with E-state index in [0.717, 1.165) is 50.6 Å². The number of aromatic nitrogens is 4. The maximum absolute atomic E-state index is 5.29. The lowest BCUT2D eigenvalue weighted by molar-refractivity contribution is 0.158. The molecule has 0 bridgehead atoms. The molecule has 0 N–H and O–H groups in total. The van der Waals surface area contributed by atoms with Crippen LogP contribution in [0.15, 0.2) is 24.3 Å². The highest BCUT2D eigenvalue weighted by atomic mass is 16.5. The molecule has 1 atom stereocenters. The Labute approximate surface area is 174 Å². The van der Waals surface area contributed by atoms with Crippen molar-refractivity contribution in [2.24, 2.45) is 0 Å². The number of benzene rings is 1. The van der Waals surface area contributed by atoms with Crippen molar-refractivity contribution in [3.63, 3.8) is 0 Å². The van der Waals surface area contributed by atoms with E-state index < -0.39 is 0 Å². The molecule has 2 aliphatic rings. The maximum Gasteiger partial charge on any atom is 0.168 e. The Morgan fingerprint density at radius 3 is 2.41 bits per heavy atom.